The van der Waals surface area contributed by atoms with Crippen molar-refractivity contribution < 1.29 is 4.79 Å². The number of nitrogens with one attached hydrogen (secondary N) is 1. The fourth-order valence-electron chi connectivity index (χ4n) is 3.43. The lowest BCUT2D eigenvalue weighted by Gasteiger charge is -2.28. The summed E-state index contributed by atoms with van der Waals surface area (Å²) >= 11 is 1.59. The minimum absolute atomic E-state index is 0.0342. The van der Waals surface area contributed by atoms with Gasteiger partial charge in [-0.25, -0.2) is 0 Å². The van der Waals surface area contributed by atoms with Crippen molar-refractivity contribution in [2.75, 3.05) is 47.6 Å². The van der Waals surface area contributed by atoms with Crippen LogP contribution >= 0.6 is 11.8 Å². The Hall–Kier alpha value is -1.36. The zero-order valence-corrected chi connectivity index (χ0v) is 15.0. The third kappa shape index (κ3) is 3.60. The molecule has 0 aliphatic carbocycles. The molecule has 1 atom stereocenters. The van der Waals surface area contributed by atoms with E-state index in [1.165, 1.54) is 37.1 Å². The largest absolute Gasteiger partial charge is 0.370 e. The maximum atomic E-state index is 12.5. The second-order valence-corrected chi connectivity index (χ2v) is 7.61. The summed E-state index contributed by atoms with van der Waals surface area (Å²) in [6.07, 6.45) is 6.94. The highest BCUT2D eigenvalue weighted by Crippen LogP contribution is 2.38. The van der Waals surface area contributed by atoms with Crippen LogP contribution < -0.4 is 15.1 Å². The van der Waals surface area contributed by atoms with E-state index in [-0.39, 0.29) is 11.2 Å². The molecule has 2 saturated heterocycles. The molecule has 1 amide bonds. The third-order valence-electron chi connectivity index (χ3n) is 4.88. The number of thioether (sulfide) groups is 1. The first-order valence-corrected chi connectivity index (χ1v) is 9.96. The first-order valence-electron chi connectivity index (χ1n) is 8.67. The third-order valence-corrected chi connectivity index (χ3v) is 5.81. The summed E-state index contributed by atoms with van der Waals surface area (Å²) in [6, 6.07) is 6.45. The van der Waals surface area contributed by atoms with Crippen LogP contribution in [-0.2, 0) is 4.79 Å². The number of anilines is 3. The van der Waals surface area contributed by atoms with Gasteiger partial charge in [-0.1, -0.05) is 6.07 Å². The molecule has 3 rings (SSSR count). The quantitative estimate of drug-likeness (QED) is 0.893. The summed E-state index contributed by atoms with van der Waals surface area (Å²) in [6.45, 7) is 6.32. The number of hydrogen-bond acceptors (Lipinski definition) is 4. The maximum absolute atomic E-state index is 12.5. The summed E-state index contributed by atoms with van der Waals surface area (Å²) < 4.78 is 0. The molecule has 0 aromatic heterocycles. The molecule has 0 saturated carbocycles. The second kappa shape index (κ2) is 7.47. The van der Waals surface area contributed by atoms with Crippen LogP contribution in [0, 0.1) is 0 Å². The number of benzene rings is 1. The predicted octanol–water partition coefficient (Wildman–Crippen LogP) is 3.58. The Kier molecular flexibility index (Phi) is 5.36. The molecule has 4 nitrogen and oxygen atoms in total. The van der Waals surface area contributed by atoms with E-state index in [0.717, 1.165) is 31.9 Å². The van der Waals surface area contributed by atoms with E-state index in [0.29, 0.717) is 0 Å². The molecule has 1 N–H and O–H groups in total. The van der Waals surface area contributed by atoms with E-state index in [1.807, 2.05) is 13.2 Å². The van der Waals surface area contributed by atoms with Crippen molar-refractivity contribution in [1.82, 2.24) is 0 Å². The van der Waals surface area contributed by atoms with Crippen LogP contribution in [0.1, 0.15) is 32.6 Å². The van der Waals surface area contributed by atoms with Crippen LogP contribution in [0.5, 0.6) is 0 Å². The molecule has 0 spiro atoms. The van der Waals surface area contributed by atoms with Crippen molar-refractivity contribution in [3.63, 3.8) is 0 Å². The molecule has 0 unspecified atom stereocenters. The Morgan fingerprint density at radius 2 is 1.52 bits per heavy atom. The van der Waals surface area contributed by atoms with Crippen molar-refractivity contribution >= 4 is 34.7 Å². The predicted molar refractivity (Wildman–Crippen MR) is 101 cm³/mol. The number of nitrogens with zero attached hydrogens (tertiary/aromatic N) is 2. The molecule has 2 fully saturated rings. The van der Waals surface area contributed by atoms with Crippen LogP contribution in [0.25, 0.3) is 0 Å². The van der Waals surface area contributed by atoms with Crippen molar-refractivity contribution in [3.05, 3.63) is 18.2 Å². The molecule has 2 aliphatic heterocycles. The highest BCUT2D eigenvalue weighted by Gasteiger charge is 2.24. The number of carbonyl (C=O) groups excluding carboxylic acids is 1. The van der Waals surface area contributed by atoms with Gasteiger partial charge >= 0.3 is 0 Å². The number of amides is 1. The molecule has 1 aromatic rings. The number of carbonyl (C=O) groups is 1. The van der Waals surface area contributed by atoms with Crippen molar-refractivity contribution in [3.8, 4) is 0 Å². The molecule has 5 heteroatoms. The molecular weight excluding hydrogens is 306 g/mol. The Labute approximate surface area is 143 Å². The zero-order valence-electron chi connectivity index (χ0n) is 14.2. The highest BCUT2D eigenvalue weighted by atomic mass is 32.2. The summed E-state index contributed by atoms with van der Waals surface area (Å²) in [5.74, 6) is 0.101. The van der Waals surface area contributed by atoms with Gasteiger partial charge in [0.25, 0.3) is 0 Å². The van der Waals surface area contributed by atoms with E-state index in [4.69, 9.17) is 0 Å². The highest BCUT2D eigenvalue weighted by molar-refractivity contribution is 7.99. The van der Waals surface area contributed by atoms with Gasteiger partial charge in [0.2, 0.25) is 5.91 Å². The fraction of sp³-hybridized carbons (Fsp3) is 0.611. The normalized spacial score (nSPS) is 19.2. The minimum Gasteiger partial charge on any atom is -0.370 e. The fourth-order valence-corrected chi connectivity index (χ4v) is 3.70. The summed E-state index contributed by atoms with van der Waals surface area (Å²) in [5, 5.41) is 3.21. The average Bonchev–Trinajstić information content (AvgIpc) is 3.27. The lowest BCUT2D eigenvalue weighted by Crippen LogP contribution is -2.28. The Morgan fingerprint density at radius 3 is 1.96 bits per heavy atom. The molecule has 1 aromatic carbocycles. The lowest BCUT2D eigenvalue weighted by molar-refractivity contribution is -0.115. The van der Waals surface area contributed by atoms with Gasteiger partial charge < -0.3 is 15.1 Å². The van der Waals surface area contributed by atoms with Crippen LogP contribution in [0.15, 0.2) is 18.2 Å². The average molecular weight is 334 g/mol. The Bertz CT molecular complexity index is 517. The molecule has 2 aliphatic rings. The number of rotatable bonds is 5. The first kappa shape index (κ1) is 16.5. The maximum Gasteiger partial charge on any atom is 0.237 e. The monoisotopic (exact) mass is 333 g/mol. The molecular formula is C18H27N3OS. The zero-order chi connectivity index (χ0) is 16.2. The Morgan fingerprint density at radius 1 is 1.04 bits per heavy atom. The van der Waals surface area contributed by atoms with Crippen molar-refractivity contribution in [2.45, 2.75) is 37.9 Å². The van der Waals surface area contributed by atoms with Crippen molar-refractivity contribution in [2.24, 2.45) is 0 Å². The van der Waals surface area contributed by atoms with Gasteiger partial charge in [-0.3, -0.25) is 4.79 Å². The van der Waals surface area contributed by atoms with Gasteiger partial charge in [0, 0.05) is 26.2 Å². The number of hydrogen-bond donors (Lipinski definition) is 1. The van der Waals surface area contributed by atoms with E-state index in [1.54, 1.807) is 11.8 Å². The van der Waals surface area contributed by atoms with Gasteiger partial charge in [0.15, 0.2) is 0 Å². The van der Waals surface area contributed by atoms with Gasteiger partial charge in [-0.2, -0.15) is 11.8 Å². The molecule has 0 radical (unpaired) electrons. The summed E-state index contributed by atoms with van der Waals surface area (Å²) in [7, 11) is 0. The first-order chi connectivity index (χ1) is 11.2. The van der Waals surface area contributed by atoms with Crippen LogP contribution in [0.4, 0.5) is 17.1 Å². The van der Waals surface area contributed by atoms with Gasteiger partial charge in [0.05, 0.1) is 22.3 Å². The van der Waals surface area contributed by atoms with E-state index in [2.05, 4.69) is 33.3 Å². The molecule has 2 heterocycles. The minimum atomic E-state index is -0.0342. The molecule has 23 heavy (non-hydrogen) atoms. The van der Waals surface area contributed by atoms with Crippen LogP contribution in [0.2, 0.25) is 0 Å². The SMILES string of the molecule is CS[C@H](C)C(=O)Nc1c(N2CCCC2)cccc1N1CCCC1. The smallest absolute Gasteiger partial charge is 0.237 e. The van der Waals surface area contributed by atoms with Crippen LogP contribution in [0.3, 0.4) is 0 Å². The van der Waals surface area contributed by atoms with E-state index < -0.39 is 0 Å². The molecule has 0 bridgehead atoms. The van der Waals surface area contributed by atoms with Gasteiger partial charge in [-0.15, -0.1) is 0 Å². The van der Waals surface area contributed by atoms with Gasteiger partial charge in [0.1, 0.15) is 0 Å². The second-order valence-electron chi connectivity index (χ2n) is 6.43. The summed E-state index contributed by atoms with van der Waals surface area (Å²) in [4.78, 5) is 17.3. The topological polar surface area (TPSA) is 35.6 Å². The van der Waals surface area contributed by atoms with E-state index >= 15 is 0 Å². The van der Waals surface area contributed by atoms with Gasteiger partial charge in [-0.05, 0) is 51.0 Å². The standard InChI is InChI=1S/C18H27N3OS/c1-14(23-2)18(22)19-17-15(20-10-3-4-11-20)8-7-9-16(17)21-12-5-6-13-21/h7-9,14H,3-6,10-13H2,1-2H3,(H,19,22)/t14-/m1/s1. The van der Waals surface area contributed by atoms with E-state index in [9.17, 15) is 4.79 Å². The molecule has 126 valence electrons. The Balaban J connectivity index is 1.94. The summed E-state index contributed by atoms with van der Waals surface area (Å²) in [5.41, 5.74) is 3.39. The lowest BCUT2D eigenvalue weighted by atomic mass is 10.2. The van der Waals surface area contributed by atoms with Crippen molar-refractivity contribution in [1.29, 1.82) is 0 Å². The number of para-hydroxylation sites is 1. The van der Waals surface area contributed by atoms with Crippen LogP contribution in [-0.4, -0.2) is 43.6 Å².